The van der Waals surface area contributed by atoms with Gasteiger partial charge < -0.3 is 20.1 Å². The van der Waals surface area contributed by atoms with Crippen molar-refractivity contribution in [2.75, 3.05) is 65.6 Å². The lowest BCUT2D eigenvalue weighted by molar-refractivity contribution is -0.174. The Morgan fingerprint density at radius 3 is 2.50 bits per heavy atom. The van der Waals surface area contributed by atoms with Crippen molar-refractivity contribution in [1.82, 2.24) is 15.1 Å². The highest BCUT2D eigenvalue weighted by molar-refractivity contribution is 5.76. The fourth-order valence-electron chi connectivity index (χ4n) is 2.18. The molecule has 0 bridgehead atoms. The van der Waals surface area contributed by atoms with Gasteiger partial charge in [-0.2, -0.15) is 13.2 Å². The SMILES string of the molecule is O=C(CCN(CCO)CCOCC(F)(F)F)N1CCNCC1. The van der Waals surface area contributed by atoms with E-state index in [9.17, 15) is 18.0 Å². The second kappa shape index (κ2) is 9.98. The Balaban J connectivity index is 2.23. The molecule has 0 unspecified atom stereocenters. The number of amides is 1. The van der Waals surface area contributed by atoms with E-state index in [0.29, 0.717) is 32.6 Å². The first-order chi connectivity index (χ1) is 10.4. The monoisotopic (exact) mass is 327 g/mol. The van der Waals surface area contributed by atoms with Crippen LogP contribution in [-0.2, 0) is 9.53 Å². The van der Waals surface area contributed by atoms with Gasteiger partial charge in [-0.05, 0) is 0 Å². The highest BCUT2D eigenvalue weighted by Gasteiger charge is 2.27. The number of halogens is 3. The van der Waals surface area contributed by atoms with Crippen molar-refractivity contribution in [1.29, 1.82) is 0 Å². The second-order valence-corrected chi connectivity index (χ2v) is 5.11. The maximum absolute atomic E-state index is 12.0. The third-order valence-electron chi connectivity index (χ3n) is 3.35. The topological polar surface area (TPSA) is 65.0 Å². The molecule has 0 aromatic carbocycles. The van der Waals surface area contributed by atoms with Crippen LogP contribution in [0.15, 0.2) is 0 Å². The van der Waals surface area contributed by atoms with Crippen molar-refractivity contribution in [3.05, 3.63) is 0 Å². The fourth-order valence-corrected chi connectivity index (χ4v) is 2.18. The van der Waals surface area contributed by atoms with Crippen molar-refractivity contribution in [3.63, 3.8) is 0 Å². The van der Waals surface area contributed by atoms with E-state index in [-0.39, 0.29) is 25.7 Å². The smallest absolute Gasteiger partial charge is 0.395 e. The molecule has 9 heteroatoms. The molecule has 1 heterocycles. The number of aliphatic hydroxyl groups is 1. The lowest BCUT2D eigenvalue weighted by atomic mass is 10.3. The maximum Gasteiger partial charge on any atom is 0.411 e. The molecule has 1 aliphatic rings. The first-order valence-electron chi connectivity index (χ1n) is 7.38. The maximum atomic E-state index is 12.0. The van der Waals surface area contributed by atoms with Crippen LogP contribution in [0.3, 0.4) is 0 Å². The molecule has 0 aliphatic carbocycles. The summed E-state index contributed by atoms with van der Waals surface area (Å²) >= 11 is 0. The molecule has 130 valence electrons. The Kier molecular flexibility index (Phi) is 8.69. The number of piperazine rings is 1. The summed E-state index contributed by atoms with van der Waals surface area (Å²) in [5.41, 5.74) is 0. The predicted octanol–water partition coefficient (Wildman–Crippen LogP) is -0.318. The van der Waals surface area contributed by atoms with Gasteiger partial charge in [0.2, 0.25) is 5.91 Å². The number of hydrogen-bond donors (Lipinski definition) is 2. The molecule has 1 fully saturated rings. The average Bonchev–Trinajstić information content (AvgIpc) is 2.48. The molecule has 0 radical (unpaired) electrons. The molecule has 0 saturated carbocycles. The molecule has 1 saturated heterocycles. The van der Waals surface area contributed by atoms with Gasteiger partial charge in [-0.15, -0.1) is 0 Å². The van der Waals surface area contributed by atoms with Crippen LogP contribution >= 0.6 is 0 Å². The summed E-state index contributed by atoms with van der Waals surface area (Å²) < 4.78 is 40.4. The van der Waals surface area contributed by atoms with E-state index in [1.165, 1.54) is 0 Å². The summed E-state index contributed by atoms with van der Waals surface area (Å²) in [6, 6.07) is 0. The molecule has 22 heavy (non-hydrogen) atoms. The van der Waals surface area contributed by atoms with Gasteiger partial charge >= 0.3 is 6.18 Å². The lowest BCUT2D eigenvalue weighted by Gasteiger charge is -2.28. The number of rotatable bonds is 9. The van der Waals surface area contributed by atoms with Crippen LogP contribution in [-0.4, -0.2) is 92.6 Å². The van der Waals surface area contributed by atoms with E-state index in [0.717, 1.165) is 13.1 Å². The van der Waals surface area contributed by atoms with Crippen LogP contribution in [0.1, 0.15) is 6.42 Å². The first kappa shape index (κ1) is 19.1. The largest absolute Gasteiger partial charge is 0.411 e. The minimum atomic E-state index is -4.33. The molecule has 0 aromatic heterocycles. The number of carbonyl (C=O) groups is 1. The Morgan fingerprint density at radius 2 is 1.91 bits per heavy atom. The van der Waals surface area contributed by atoms with Gasteiger partial charge in [0.15, 0.2) is 0 Å². The Morgan fingerprint density at radius 1 is 1.23 bits per heavy atom. The van der Waals surface area contributed by atoms with Crippen LogP contribution in [0.5, 0.6) is 0 Å². The normalized spacial score (nSPS) is 16.3. The molecular formula is C13H24F3N3O3. The molecule has 2 N–H and O–H groups in total. The number of nitrogens with zero attached hydrogens (tertiary/aromatic N) is 2. The van der Waals surface area contributed by atoms with Crippen LogP contribution in [0.4, 0.5) is 13.2 Å². The molecule has 1 rings (SSSR count). The number of carbonyl (C=O) groups excluding carboxylic acids is 1. The summed E-state index contributed by atoms with van der Waals surface area (Å²) in [7, 11) is 0. The average molecular weight is 327 g/mol. The number of alkyl halides is 3. The van der Waals surface area contributed by atoms with Crippen molar-refractivity contribution >= 4 is 5.91 Å². The predicted molar refractivity (Wildman–Crippen MR) is 74.5 cm³/mol. The zero-order chi connectivity index (χ0) is 16.4. The minimum absolute atomic E-state index is 0.0284. The Bertz CT molecular complexity index is 323. The summed E-state index contributed by atoms with van der Waals surface area (Å²) in [5, 5.41) is 12.1. The van der Waals surface area contributed by atoms with E-state index in [2.05, 4.69) is 10.1 Å². The third kappa shape index (κ3) is 8.52. The molecular weight excluding hydrogens is 303 g/mol. The first-order valence-corrected chi connectivity index (χ1v) is 7.38. The van der Waals surface area contributed by atoms with Crippen molar-refractivity contribution in [3.8, 4) is 0 Å². The standard InChI is InChI=1S/C13H24F3N3O3/c14-13(15,16)11-22-10-8-18(7-9-20)4-1-12(21)19-5-2-17-3-6-19/h17,20H,1-11H2. The van der Waals surface area contributed by atoms with Crippen LogP contribution in [0.25, 0.3) is 0 Å². The van der Waals surface area contributed by atoms with Gasteiger partial charge in [0.05, 0.1) is 13.2 Å². The van der Waals surface area contributed by atoms with Gasteiger partial charge in [-0.3, -0.25) is 9.69 Å². The summed E-state index contributed by atoms with van der Waals surface area (Å²) in [4.78, 5) is 15.5. The van der Waals surface area contributed by atoms with Gasteiger partial charge in [0.25, 0.3) is 0 Å². The zero-order valence-corrected chi connectivity index (χ0v) is 12.6. The van der Waals surface area contributed by atoms with Crippen molar-refractivity contribution in [2.24, 2.45) is 0 Å². The van der Waals surface area contributed by atoms with Crippen LogP contribution in [0, 0.1) is 0 Å². The fraction of sp³-hybridized carbons (Fsp3) is 0.923. The molecule has 0 atom stereocenters. The van der Waals surface area contributed by atoms with Gasteiger partial charge in [0, 0.05) is 52.2 Å². The highest BCUT2D eigenvalue weighted by atomic mass is 19.4. The summed E-state index contributed by atoms with van der Waals surface area (Å²) in [5.74, 6) is 0.0284. The third-order valence-corrected chi connectivity index (χ3v) is 3.35. The minimum Gasteiger partial charge on any atom is -0.395 e. The van der Waals surface area contributed by atoms with Crippen LogP contribution in [0.2, 0.25) is 0 Å². The van der Waals surface area contributed by atoms with Crippen molar-refractivity contribution in [2.45, 2.75) is 12.6 Å². The van der Waals surface area contributed by atoms with Gasteiger partial charge in [-0.1, -0.05) is 0 Å². The molecule has 6 nitrogen and oxygen atoms in total. The van der Waals surface area contributed by atoms with E-state index in [4.69, 9.17) is 5.11 Å². The highest BCUT2D eigenvalue weighted by Crippen LogP contribution is 2.14. The lowest BCUT2D eigenvalue weighted by Crippen LogP contribution is -2.47. The summed E-state index contributed by atoms with van der Waals surface area (Å²) in [6.45, 7) is 2.40. The van der Waals surface area contributed by atoms with E-state index >= 15 is 0 Å². The Labute approximate surface area is 128 Å². The van der Waals surface area contributed by atoms with Crippen molar-refractivity contribution < 1.29 is 27.8 Å². The second-order valence-electron chi connectivity index (χ2n) is 5.11. The quantitative estimate of drug-likeness (QED) is 0.569. The Hall–Kier alpha value is -0.900. The zero-order valence-electron chi connectivity index (χ0n) is 12.6. The number of hydrogen-bond acceptors (Lipinski definition) is 5. The summed E-state index contributed by atoms with van der Waals surface area (Å²) in [6.07, 6.45) is -4.04. The van der Waals surface area contributed by atoms with E-state index in [1.54, 1.807) is 9.80 Å². The number of aliphatic hydroxyl groups excluding tert-OH is 1. The van der Waals surface area contributed by atoms with Crippen LogP contribution < -0.4 is 5.32 Å². The van der Waals surface area contributed by atoms with E-state index < -0.39 is 12.8 Å². The molecule has 0 aromatic rings. The van der Waals surface area contributed by atoms with E-state index in [1.807, 2.05) is 0 Å². The van der Waals surface area contributed by atoms with Gasteiger partial charge in [-0.25, -0.2) is 0 Å². The molecule has 1 amide bonds. The number of ether oxygens (including phenoxy) is 1. The molecule has 1 aliphatic heterocycles. The van der Waals surface area contributed by atoms with Gasteiger partial charge in [0.1, 0.15) is 6.61 Å². The number of nitrogens with one attached hydrogen (secondary N) is 1. The molecule has 0 spiro atoms.